The van der Waals surface area contributed by atoms with Crippen LogP contribution in [0.5, 0.6) is 5.75 Å². The van der Waals surface area contributed by atoms with E-state index >= 15 is 0 Å². The van der Waals surface area contributed by atoms with Gasteiger partial charge >= 0.3 is 0 Å². The van der Waals surface area contributed by atoms with Gasteiger partial charge in [-0.3, -0.25) is 15.2 Å². The lowest BCUT2D eigenvalue weighted by Gasteiger charge is -2.07. The number of nitrogen functional groups attached to an aromatic ring is 1. The summed E-state index contributed by atoms with van der Waals surface area (Å²) in [5, 5.41) is 0. The van der Waals surface area contributed by atoms with Gasteiger partial charge in [-0.15, -0.1) is 0 Å². The molecule has 0 saturated carbocycles. The van der Waals surface area contributed by atoms with Crippen molar-refractivity contribution in [2.75, 3.05) is 7.11 Å². The van der Waals surface area contributed by atoms with E-state index in [1.807, 2.05) is 24.3 Å². The normalized spacial score (nSPS) is 10.1. The molecule has 2 aromatic rings. The van der Waals surface area contributed by atoms with E-state index in [1.54, 1.807) is 26.2 Å². The fourth-order valence-electron chi connectivity index (χ4n) is 1.80. The van der Waals surface area contributed by atoms with Crippen molar-refractivity contribution in [1.29, 1.82) is 0 Å². The van der Waals surface area contributed by atoms with E-state index in [-0.39, 0.29) is 5.91 Å². The minimum Gasteiger partial charge on any atom is -0.497 e. The van der Waals surface area contributed by atoms with Gasteiger partial charge in [-0.2, -0.15) is 0 Å². The van der Waals surface area contributed by atoms with E-state index in [0.717, 1.165) is 17.0 Å². The van der Waals surface area contributed by atoms with E-state index in [0.29, 0.717) is 11.3 Å². The van der Waals surface area contributed by atoms with Gasteiger partial charge in [0.15, 0.2) is 0 Å². The Labute approximate surface area is 111 Å². The molecule has 0 radical (unpaired) electrons. The van der Waals surface area contributed by atoms with Crippen LogP contribution in [-0.2, 0) is 0 Å². The Morgan fingerprint density at radius 3 is 2.42 bits per heavy atom. The second-order valence-corrected chi connectivity index (χ2v) is 4.03. The quantitative estimate of drug-likeness (QED) is 0.498. The third-order valence-electron chi connectivity index (χ3n) is 2.85. The molecule has 0 aliphatic rings. The van der Waals surface area contributed by atoms with Crippen molar-refractivity contribution in [3.63, 3.8) is 0 Å². The number of nitrogens with two attached hydrogens (primary N) is 1. The molecule has 0 spiro atoms. The molecule has 1 heterocycles. The lowest BCUT2D eigenvalue weighted by molar-refractivity contribution is 0.0952. The van der Waals surface area contributed by atoms with Crippen molar-refractivity contribution in [3.8, 4) is 17.0 Å². The van der Waals surface area contributed by atoms with Crippen molar-refractivity contribution in [2.45, 2.75) is 6.92 Å². The van der Waals surface area contributed by atoms with Gasteiger partial charge in [0.1, 0.15) is 5.75 Å². The number of hydrogen-bond acceptors (Lipinski definition) is 4. The van der Waals surface area contributed by atoms with Crippen LogP contribution in [0.3, 0.4) is 0 Å². The average molecular weight is 257 g/mol. The molecule has 0 atom stereocenters. The molecule has 5 heteroatoms. The van der Waals surface area contributed by atoms with Crippen molar-refractivity contribution >= 4 is 5.91 Å². The van der Waals surface area contributed by atoms with Gasteiger partial charge in [-0.1, -0.05) is 0 Å². The first-order valence-corrected chi connectivity index (χ1v) is 5.78. The molecule has 0 aliphatic carbocycles. The van der Waals surface area contributed by atoms with Gasteiger partial charge < -0.3 is 4.74 Å². The number of benzene rings is 1. The van der Waals surface area contributed by atoms with Crippen LogP contribution in [0.25, 0.3) is 11.3 Å². The summed E-state index contributed by atoms with van der Waals surface area (Å²) in [7, 11) is 1.62. The molecule has 2 rings (SSSR count). The zero-order chi connectivity index (χ0) is 13.8. The maximum absolute atomic E-state index is 11.5. The van der Waals surface area contributed by atoms with E-state index in [4.69, 9.17) is 10.6 Å². The first-order chi connectivity index (χ1) is 9.15. The van der Waals surface area contributed by atoms with Crippen LogP contribution in [0.1, 0.15) is 16.1 Å². The highest BCUT2D eigenvalue weighted by Gasteiger charge is 2.09. The topological polar surface area (TPSA) is 77.2 Å². The number of rotatable bonds is 3. The highest BCUT2D eigenvalue weighted by atomic mass is 16.5. The Balaban J connectivity index is 2.35. The van der Waals surface area contributed by atoms with Crippen LogP contribution in [0, 0.1) is 6.92 Å². The second kappa shape index (κ2) is 5.49. The monoisotopic (exact) mass is 257 g/mol. The number of ether oxygens (including phenoxy) is 1. The molecule has 5 nitrogen and oxygen atoms in total. The number of methoxy groups -OCH3 is 1. The summed E-state index contributed by atoms with van der Waals surface area (Å²) < 4.78 is 5.11. The fraction of sp³-hybridized carbons (Fsp3) is 0.143. The Morgan fingerprint density at radius 1 is 1.21 bits per heavy atom. The van der Waals surface area contributed by atoms with Crippen LogP contribution in [-0.4, -0.2) is 18.0 Å². The van der Waals surface area contributed by atoms with Crippen molar-refractivity contribution in [3.05, 3.63) is 47.7 Å². The molecule has 0 fully saturated rings. The van der Waals surface area contributed by atoms with Crippen LogP contribution < -0.4 is 16.0 Å². The van der Waals surface area contributed by atoms with Crippen LogP contribution >= 0.6 is 0 Å². The Bertz CT molecular complexity index is 594. The summed E-state index contributed by atoms with van der Waals surface area (Å²) in [6.45, 7) is 1.78. The third kappa shape index (κ3) is 2.71. The van der Waals surface area contributed by atoms with Gasteiger partial charge in [-0.25, -0.2) is 5.84 Å². The minimum absolute atomic E-state index is 0.341. The lowest BCUT2D eigenvalue weighted by atomic mass is 10.1. The van der Waals surface area contributed by atoms with E-state index in [1.165, 1.54) is 0 Å². The molecule has 1 amide bonds. The van der Waals surface area contributed by atoms with Gasteiger partial charge in [-0.05, 0) is 43.3 Å². The number of carbonyl (C=O) groups is 1. The number of aromatic nitrogens is 1. The van der Waals surface area contributed by atoms with E-state index in [2.05, 4.69) is 10.4 Å². The van der Waals surface area contributed by atoms with Crippen LogP contribution in [0.2, 0.25) is 0 Å². The summed E-state index contributed by atoms with van der Waals surface area (Å²) in [5.41, 5.74) is 4.97. The number of amides is 1. The Morgan fingerprint density at radius 2 is 1.89 bits per heavy atom. The van der Waals surface area contributed by atoms with Crippen molar-refractivity contribution < 1.29 is 9.53 Å². The molecule has 0 aliphatic heterocycles. The predicted octanol–water partition coefficient (Wildman–Crippen LogP) is 1.67. The highest BCUT2D eigenvalue weighted by molar-refractivity contribution is 5.95. The lowest BCUT2D eigenvalue weighted by Crippen LogP contribution is -2.30. The summed E-state index contributed by atoms with van der Waals surface area (Å²) in [4.78, 5) is 15.9. The fourth-order valence-corrected chi connectivity index (χ4v) is 1.80. The number of nitrogens with zero attached hydrogens (tertiary/aromatic N) is 1. The van der Waals surface area contributed by atoms with Gasteiger partial charge in [0, 0.05) is 5.56 Å². The van der Waals surface area contributed by atoms with Gasteiger partial charge in [0.2, 0.25) is 0 Å². The van der Waals surface area contributed by atoms with Gasteiger partial charge in [0.25, 0.3) is 5.91 Å². The van der Waals surface area contributed by atoms with E-state index < -0.39 is 0 Å². The number of nitrogens with one attached hydrogen (secondary N) is 1. The zero-order valence-corrected chi connectivity index (χ0v) is 10.8. The van der Waals surface area contributed by atoms with Crippen molar-refractivity contribution in [2.24, 2.45) is 5.84 Å². The first kappa shape index (κ1) is 13.0. The molecule has 1 aromatic carbocycles. The molecule has 1 aromatic heterocycles. The molecule has 98 valence electrons. The van der Waals surface area contributed by atoms with Gasteiger partial charge in [0.05, 0.1) is 24.1 Å². The first-order valence-electron chi connectivity index (χ1n) is 5.78. The number of aryl methyl sites for hydroxylation is 1. The largest absolute Gasteiger partial charge is 0.497 e. The van der Waals surface area contributed by atoms with Crippen LogP contribution in [0.4, 0.5) is 0 Å². The second-order valence-electron chi connectivity index (χ2n) is 4.03. The molecule has 0 unspecified atom stereocenters. The zero-order valence-electron chi connectivity index (χ0n) is 10.8. The maximum atomic E-state index is 11.5. The number of hydrazine groups is 1. The van der Waals surface area contributed by atoms with Crippen LogP contribution in [0.15, 0.2) is 36.4 Å². The SMILES string of the molecule is COc1ccc(-c2ccc(C(=O)NN)c(C)n2)cc1. The Kier molecular flexibility index (Phi) is 3.77. The van der Waals surface area contributed by atoms with Crippen molar-refractivity contribution in [1.82, 2.24) is 10.4 Å². The molecule has 3 N–H and O–H groups in total. The average Bonchev–Trinajstić information content (AvgIpc) is 2.46. The summed E-state index contributed by atoms with van der Waals surface area (Å²) in [6, 6.07) is 11.1. The molecule has 0 bridgehead atoms. The number of carbonyl (C=O) groups excluding carboxylic acids is 1. The number of pyridine rings is 1. The standard InChI is InChI=1S/C14H15N3O2/c1-9-12(14(18)17-15)7-8-13(16-9)10-3-5-11(19-2)6-4-10/h3-8H,15H2,1-2H3,(H,17,18). The maximum Gasteiger partial charge on any atom is 0.267 e. The predicted molar refractivity (Wildman–Crippen MR) is 72.6 cm³/mol. The molecule has 19 heavy (non-hydrogen) atoms. The molecular formula is C14H15N3O2. The number of hydrogen-bond donors (Lipinski definition) is 2. The highest BCUT2D eigenvalue weighted by Crippen LogP contribution is 2.21. The molecule has 0 saturated heterocycles. The smallest absolute Gasteiger partial charge is 0.267 e. The summed E-state index contributed by atoms with van der Waals surface area (Å²) in [5.74, 6) is 5.56. The summed E-state index contributed by atoms with van der Waals surface area (Å²) >= 11 is 0. The molecular weight excluding hydrogens is 242 g/mol. The minimum atomic E-state index is -0.341. The van der Waals surface area contributed by atoms with E-state index in [9.17, 15) is 4.79 Å². The Hall–Kier alpha value is -2.40. The summed E-state index contributed by atoms with van der Waals surface area (Å²) in [6.07, 6.45) is 0. The third-order valence-corrected chi connectivity index (χ3v) is 2.85.